The van der Waals surface area contributed by atoms with E-state index in [0.29, 0.717) is 24.4 Å². The topological polar surface area (TPSA) is 83.2 Å². The Labute approximate surface area is 297 Å². The number of hydrogen-bond acceptors (Lipinski definition) is 5. The zero-order chi connectivity index (χ0) is 34.9. The lowest BCUT2D eigenvalue weighted by atomic mass is 9.78. The van der Waals surface area contributed by atoms with E-state index < -0.39 is 6.04 Å². The van der Waals surface area contributed by atoms with Gasteiger partial charge in [0.05, 0.1) is 0 Å². The van der Waals surface area contributed by atoms with E-state index in [9.17, 15) is 14.7 Å². The number of hydrogen-bond donors (Lipinski definition) is 2. The molecule has 1 aromatic heterocycles. The van der Waals surface area contributed by atoms with Gasteiger partial charge in [0.2, 0.25) is 0 Å². The Morgan fingerprint density at radius 2 is 1.34 bits per heavy atom. The van der Waals surface area contributed by atoms with Crippen molar-refractivity contribution in [1.29, 1.82) is 0 Å². The van der Waals surface area contributed by atoms with Crippen LogP contribution in [0, 0.1) is 12.8 Å². The molecule has 2 heterocycles. The highest BCUT2D eigenvalue weighted by Crippen LogP contribution is 2.34. The molecule has 50 heavy (non-hydrogen) atoms. The van der Waals surface area contributed by atoms with E-state index in [1.54, 1.807) is 22.9 Å². The van der Waals surface area contributed by atoms with E-state index >= 15 is 0 Å². The molecule has 0 radical (unpaired) electrons. The van der Waals surface area contributed by atoms with Crippen LogP contribution in [-0.4, -0.2) is 27.8 Å². The van der Waals surface area contributed by atoms with Crippen LogP contribution in [0.25, 0.3) is 16.8 Å². The molecule has 6 heteroatoms. The Morgan fingerprint density at radius 1 is 0.740 bits per heavy atom. The molecule has 1 aliphatic heterocycles. The van der Waals surface area contributed by atoms with Crippen molar-refractivity contribution in [3.63, 3.8) is 0 Å². The molecule has 260 valence electrons. The molecule has 3 aromatic carbocycles. The van der Waals surface area contributed by atoms with Crippen molar-refractivity contribution >= 4 is 23.1 Å². The third-order valence-corrected chi connectivity index (χ3v) is 10.3. The number of aromatic hydroxyl groups is 1. The second-order valence-corrected chi connectivity index (χ2v) is 14.3. The van der Waals surface area contributed by atoms with Crippen LogP contribution in [0.5, 0.6) is 5.75 Å². The number of aryl methyl sites for hydroxylation is 1. The number of aromatic nitrogens is 2. The number of unbranched alkanes of at least 4 members (excludes halogenated alkanes) is 10. The van der Waals surface area contributed by atoms with E-state index in [1.165, 1.54) is 69.8 Å². The van der Waals surface area contributed by atoms with Crippen molar-refractivity contribution in [1.82, 2.24) is 4.98 Å². The molecule has 2 atom stereocenters. The Kier molecular flexibility index (Phi) is 11.9. The minimum absolute atomic E-state index is 0.0289. The fourth-order valence-electron chi connectivity index (χ4n) is 7.21. The maximum absolute atomic E-state index is 13.8. The van der Waals surface area contributed by atoms with Gasteiger partial charge in [0.1, 0.15) is 23.3 Å². The first-order valence-electron chi connectivity index (χ1n) is 18.9. The SMILES string of the molecule is CCCCCCCCCCCCCC1C=C(c2ccc(CC3Nc4c(Cc5ccc(C)cc5)nc(-c5ccc(O)cc5)c[n+]4C3=O)cc2)C1=O. The molecule has 0 spiro atoms. The van der Waals surface area contributed by atoms with Crippen LogP contribution in [0.4, 0.5) is 5.82 Å². The summed E-state index contributed by atoms with van der Waals surface area (Å²) in [7, 11) is 0. The van der Waals surface area contributed by atoms with Crippen molar-refractivity contribution < 1.29 is 19.3 Å². The average Bonchev–Trinajstić information content (AvgIpc) is 3.44. The summed E-state index contributed by atoms with van der Waals surface area (Å²) >= 11 is 0. The molecule has 6 rings (SSSR count). The van der Waals surface area contributed by atoms with Crippen LogP contribution < -0.4 is 9.88 Å². The zero-order valence-corrected chi connectivity index (χ0v) is 29.8. The highest BCUT2D eigenvalue weighted by atomic mass is 16.3. The van der Waals surface area contributed by atoms with Crippen LogP contribution in [0.2, 0.25) is 0 Å². The Hall–Kier alpha value is -4.58. The zero-order valence-electron chi connectivity index (χ0n) is 29.8. The summed E-state index contributed by atoms with van der Waals surface area (Å²) in [5, 5.41) is 13.3. The normalized spacial score (nSPS) is 16.6. The maximum atomic E-state index is 13.8. The Morgan fingerprint density at radius 3 is 1.98 bits per heavy atom. The number of benzene rings is 3. The van der Waals surface area contributed by atoms with Gasteiger partial charge in [0.15, 0.2) is 11.8 Å². The molecular formula is C44H52N3O3+. The fourth-order valence-corrected chi connectivity index (χ4v) is 7.21. The highest BCUT2D eigenvalue weighted by molar-refractivity contribution is 6.28. The van der Waals surface area contributed by atoms with Crippen LogP contribution in [-0.2, 0) is 17.6 Å². The molecule has 4 aromatic rings. The van der Waals surface area contributed by atoms with Crippen LogP contribution in [0.1, 0.15) is 117 Å². The summed E-state index contributed by atoms with van der Waals surface area (Å²) in [6.07, 6.45) is 20.5. The number of phenolic OH excluding ortho intramolecular Hbond substituents is 1. The van der Waals surface area contributed by atoms with Gasteiger partial charge in [0, 0.05) is 29.9 Å². The minimum Gasteiger partial charge on any atom is -0.508 e. The number of rotatable bonds is 18. The van der Waals surface area contributed by atoms with Gasteiger partial charge >= 0.3 is 11.7 Å². The van der Waals surface area contributed by atoms with Crippen molar-refractivity contribution in [3.8, 4) is 17.0 Å². The van der Waals surface area contributed by atoms with Gasteiger partial charge in [-0.05, 0) is 54.3 Å². The Balaban J connectivity index is 1.04. The second kappa shape index (κ2) is 16.9. The van der Waals surface area contributed by atoms with Crippen LogP contribution in [0.15, 0.2) is 85.1 Å². The standard InChI is InChI=1S/C44H51N3O3/c1-3-4-5-6-7-8-9-10-11-12-13-14-36-29-38(42(36)49)34-21-19-33(20-22-34)28-40-44(50)47-30-41(35-23-25-37(48)26-24-35)45-39(43(47)46-40)27-32-17-15-31(2)16-18-32/h15-26,29-30,36,40,48H,3-14,27-28H2,1-2H3/p+1. The number of carbonyl (C=O) groups is 2. The molecule has 0 saturated heterocycles. The maximum Gasteiger partial charge on any atom is 0.359 e. The van der Waals surface area contributed by atoms with Crippen molar-refractivity contribution in [2.75, 3.05) is 5.32 Å². The van der Waals surface area contributed by atoms with E-state index in [2.05, 4.69) is 49.5 Å². The largest absolute Gasteiger partial charge is 0.508 e. The van der Waals surface area contributed by atoms with Crippen LogP contribution in [0.3, 0.4) is 0 Å². The first-order valence-corrected chi connectivity index (χ1v) is 18.9. The summed E-state index contributed by atoms with van der Waals surface area (Å²) < 4.78 is 1.70. The number of anilines is 1. The summed E-state index contributed by atoms with van der Waals surface area (Å²) in [5.74, 6) is 1.20. The number of ketones is 1. The number of Topliss-reactive ketones (excluding diaryl/α,β-unsaturated/α-hetero) is 1. The number of phenols is 1. The number of fused-ring (bicyclic) bond motifs is 1. The van der Waals surface area contributed by atoms with Gasteiger partial charge in [-0.3, -0.25) is 10.1 Å². The lowest BCUT2D eigenvalue weighted by Crippen LogP contribution is -2.44. The highest BCUT2D eigenvalue weighted by Gasteiger charge is 2.41. The lowest BCUT2D eigenvalue weighted by Gasteiger charge is -2.24. The number of carbonyl (C=O) groups excluding carboxylic acids is 2. The van der Waals surface area contributed by atoms with Gasteiger partial charge in [-0.15, -0.1) is 0 Å². The summed E-state index contributed by atoms with van der Waals surface area (Å²) in [5.41, 5.74) is 7.43. The Bertz CT molecular complexity index is 1790. The van der Waals surface area contributed by atoms with Gasteiger partial charge in [0.25, 0.3) is 0 Å². The molecular weight excluding hydrogens is 619 g/mol. The predicted octanol–water partition coefficient (Wildman–Crippen LogP) is 9.60. The number of allylic oxidation sites excluding steroid dienone is 2. The first-order chi connectivity index (χ1) is 24.4. The monoisotopic (exact) mass is 670 g/mol. The summed E-state index contributed by atoms with van der Waals surface area (Å²) in [4.78, 5) is 31.8. The quantitative estimate of drug-likeness (QED) is 0.0814. The lowest BCUT2D eigenvalue weighted by molar-refractivity contribution is -0.552. The first kappa shape index (κ1) is 35.3. The minimum atomic E-state index is -0.436. The third kappa shape index (κ3) is 8.76. The third-order valence-electron chi connectivity index (χ3n) is 10.3. The van der Waals surface area contributed by atoms with E-state index in [0.717, 1.165) is 46.4 Å². The van der Waals surface area contributed by atoms with Gasteiger partial charge in [-0.1, -0.05) is 138 Å². The van der Waals surface area contributed by atoms with Crippen molar-refractivity contribution in [2.24, 2.45) is 5.92 Å². The van der Waals surface area contributed by atoms with Gasteiger partial charge in [-0.25, -0.2) is 9.78 Å². The molecule has 0 saturated carbocycles. The summed E-state index contributed by atoms with van der Waals surface area (Å²) in [6, 6.07) is 22.9. The molecule has 2 aliphatic rings. The van der Waals surface area contributed by atoms with E-state index in [4.69, 9.17) is 4.98 Å². The number of nitrogens with zero attached hydrogens (tertiary/aromatic N) is 2. The average molecular weight is 671 g/mol. The van der Waals surface area contributed by atoms with Crippen LogP contribution >= 0.6 is 0 Å². The second-order valence-electron chi connectivity index (χ2n) is 14.3. The van der Waals surface area contributed by atoms with Gasteiger partial charge < -0.3 is 5.11 Å². The van der Waals surface area contributed by atoms with E-state index in [1.807, 2.05) is 36.4 Å². The molecule has 0 fully saturated rings. The van der Waals surface area contributed by atoms with Crippen molar-refractivity contribution in [3.05, 3.63) is 113 Å². The molecule has 1 aliphatic carbocycles. The fraction of sp³-hybridized carbons (Fsp3) is 0.409. The molecule has 0 amide bonds. The molecule has 6 nitrogen and oxygen atoms in total. The molecule has 2 unspecified atom stereocenters. The van der Waals surface area contributed by atoms with Gasteiger partial charge in [-0.2, -0.15) is 4.57 Å². The number of nitrogens with one attached hydrogen (secondary N) is 1. The van der Waals surface area contributed by atoms with E-state index in [-0.39, 0.29) is 23.4 Å². The van der Waals surface area contributed by atoms with Crippen molar-refractivity contribution in [2.45, 2.75) is 110 Å². The molecule has 2 N–H and O–H groups in total. The summed E-state index contributed by atoms with van der Waals surface area (Å²) in [6.45, 7) is 4.33. The molecule has 0 bridgehead atoms. The smallest absolute Gasteiger partial charge is 0.359 e. The predicted molar refractivity (Wildman–Crippen MR) is 201 cm³/mol.